The number of carbonyl (C=O) groups is 1. The normalized spacial score (nSPS) is 11.9. The van der Waals surface area contributed by atoms with Crippen LogP contribution in [0.25, 0.3) is 5.69 Å². The summed E-state index contributed by atoms with van der Waals surface area (Å²) < 4.78 is 1.98. The predicted molar refractivity (Wildman–Crippen MR) is 97.3 cm³/mol. The molecule has 1 N–H and O–H groups in total. The first-order chi connectivity index (χ1) is 11.7. The van der Waals surface area contributed by atoms with Gasteiger partial charge in [0, 0.05) is 18.1 Å². The molecule has 24 heavy (non-hydrogen) atoms. The fourth-order valence-electron chi connectivity index (χ4n) is 2.42. The summed E-state index contributed by atoms with van der Waals surface area (Å²) in [5.74, 6) is 0.333. The van der Waals surface area contributed by atoms with Crippen molar-refractivity contribution in [3.8, 4) is 5.69 Å². The number of nitrogens with one attached hydrogen (secondary N) is 1. The maximum Gasteiger partial charge on any atom is 0.230 e. The van der Waals surface area contributed by atoms with Gasteiger partial charge < -0.3 is 5.32 Å². The van der Waals surface area contributed by atoms with Gasteiger partial charge in [0.25, 0.3) is 0 Å². The molecule has 0 saturated heterocycles. The zero-order valence-corrected chi connectivity index (χ0v) is 14.2. The Morgan fingerprint density at radius 1 is 1.12 bits per heavy atom. The lowest BCUT2D eigenvalue weighted by molar-refractivity contribution is -0.119. The highest BCUT2D eigenvalue weighted by atomic mass is 32.2. The van der Waals surface area contributed by atoms with E-state index in [-0.39, 0.29) is 11.9 Å². The minimum Gasteiger partial charge on any atom is -0.349 e. The lowest BCUT2D eigenvalue weighted by atomic mass is 10.1. The molecule has 1 amide bonds. The molecule has 0 aliphatic heterocycles. The van der Waals surface area contributed by atoms with Gasteiger partial charge in [0.1, 0.15) is 0 Å². The van der Waals surface area contributed by atoms with E-state index >= 15 is 0 Å². The fraction of sp³-hybridized carbons (Fsp3) is 0.158. The van der Waals surface area contributed by atoms with E-state index in [1.54, 1.807) is 6.20 Å². The lowest BCUT2D eigenvalue weighted by Crippen LogP contribution is -2.28. The van der Waals surface area contributed by atoms with Crippen LogP contribution in [-0.2, 0) is 4.79 Å². The van der Waals surface area contributed by atoms with Crippen molar-refractivity contribution in [2.45, 2.75) is 18.1 Å². The van der Waals surface area contributed by atoms with Crippen LogP contribution in [0.15, 0.2) is 78.2 Å². The van der Waals surface area contributed by atoms with Gasteiger partial charge in [-0.1, -0.05) is 60.3 Å². The van der Waals surface area contributed by atoms with Crippen molar-refractivity contribution < 1.29 is 4.79 Å². The van der Waals surface area contributed by atoms with Crippen molar-refractivity contribution in [2.75, 3.05) is 5.75 Å². The van der Waals surface area contributed by atoms with Crippen LogP contribution in [0.3, 0.4) is 0 Å². The molecule has 0 saturated carbocycles. The molecule has 3 rings (SSSR count). The van der Waals surface area contributed by atoms with Gasteiger partial charge in [-0.3, -0.25) is 9.36 Å². The van der Waals surface area contributed by atoms with Gasteiger partial charge in [-0.05, 0) is 24.6 Å². The number of benzene rings is 2. The molecule has 0 bridgehead atoms. The smallest absolute Gasteiger partial charge is 0.230 e. The van der Waals surface area contributed by atoms with Gasteiger partial charge in [-0.25, -0.2) is 4.98 Å². The third kappa shape index (κ3) is 4.06. The van der Waals surface area contributed by atoms with E-state index in [1.165, 1.54) is 11.8 Å². The van der Waals surface area contributed by atoms with Crippen molar-refractivity contribution in [1.29, 1.82) is 0 Å². The Balaban J connectivity index is 1.59. The van der Waals surface area contributed by atoms with Gasteiger partial charge in [0.05, 0.1) is 11.8 Å². The minimum atomic E-state index is -0.00633. The summed E-state index contributed by atoms with van der Waals surface area (Å²) in [4.78, 5) is 16.5. The fourth-order valence-corrected chi connectivity index (χ4v) is 3.20. The molecule has 4 nitrogen and oxygen atoms in total. The van der Waals surface area contributed by atoms with Crippen LogP contribution >= 0.6 is 11.8 Å². The number of aromatic nitrogens is 2. The molecule has 1 unspecified atom stereocenters. The number of nitrogens with zero attached hydrogens (tertiary/aromatic N) is 2. The van der Waals surface area contributed by atoms with Gasteiger partial charge in [0.2, 0.25) is 5.91 Å². The van der Waals surface area contributed by atoms with E-state index in [2.05, 4.69) is 10.3 Å². The first-order valence-corrected chi connectivity index (χ1v) is 8.78. The average molecular weight is 337 g/mol. The predicted octanol–water partition coefficient (Wildman–Crippen LogP) is 3.84. The average Bonchev–Trinajstić information content (AvgIpc) is 3.10. The van der Waals surface area contributed by atoms with Crippen LogP contribution < -0.4 is 5.32 Å². The summed E-state index contributed by atoms with van der Waals surface area (Å²) in [7, 11) is 0. The summed E-state index contributed by atoms with van der Waals surface area (Å²) in [5, 5.41) is 3.83. The Morgan fingerprint density at radius 3 is 2.50 bits per heavy atom. The van der Waals surface area contributed by atoms with Gasteiger partial charge in [-0.15, -0.1) is 0 Å². The Hall–Kier alpha value is -2.53. The van der Waals surface area contributed by atoms with Gasteiger partial charge in [-0.2, -0.15) is 0 Å². The molecule has 0 radical (unpaired) electrons. The number of thioether (sulfide) groups is 1. The van der Waals surface area contributed by atoms with Gasteiger partial charge in [0.15, 0.2) is 5.16 Å². The van der Waals surface area contributed by atoms with E-state index in [9.17, 15) is 4.79 Å². The molecule has 0 aliphatic rings. The second-order valence-corrected chi connectivity index (χ2v) is 6.35. The van der Waals surface area contributed by atoms with E-state index in [4.69, 9.17) is 0 Å². The largest absolute Gasteiger partial charge is 0.349 e. The van der Waals surface area contributed by atoms with Crippen LogP contribution in [0.2, 0.25) is 0 Å². The first-order valence-electron chi connectivity index (χ1n) is 7.80. The molecule has 0 aliphatic carbocycles. The highest BCUT2D eigenvalue weighted by Gasteiger charge is 2.12. The molecule has 1 heterocycles. The standard InChI is InChI=1S/C19H19N3OS/c1-15(16-8-4-2-5-9-16)21-18(23)14-24-19-20-12-13-22(19)17-10-6-3-7-11-17/h2-13,15H,14H2,1H3,(H,21,23). The Morgan fingerprint density at radius 2 is 1.79 bits per heavy atom. The molecular formula is C19H19N3OS. The Bertz CT molecular complexity index is 787. The molecule has 0 spiro atoms. The maximum absolute atomic E-state index is 12.2. The Labute approximate surface area is 145 Å². The van der Waals surface area contributed by atoms with Crippen molar-refractivity contribution in [3.63, 3.8) is 0 Å². The van der Waals surface area contributed by atoms with E-state index in [0.717, 1.165) is 16.4 Å². The molecular weight excluding hydrogens is 318 g/mol. The van der Waals surface area contributed by atoms with E-state index in [1.807, 2.05) is 78.4 Å². The van der Waals surface area contributed by atoms with E-state index in [0.29, 0.717) is 5.75 Å². The van der Waals surface area contributed by atoms with Crippen molar-refractivity contribution in [2.24, 2.45) is 0 Å². The number of carbonyl (C=O) groups excluding carboxylic acids is 1. The monoisotopic (exact) mass is 337 g/mol. The summed E-state index contributed by atoms with van der Waals surface area (Å²) in [5.41, 5.74) is 2.14. The number of imidazole rings is 1. The van der Waals surface area contributed by atoms with E-state index < -0.39 is 0 Å². The first kappa shape index (κ1) is 16.3. The highest BCUT2D eigenvalue weighted by molar-refractivity contribution is 7.99. The summed E-state index contributed by atoms with van der Waals surface area (Å²) in [6.45, 7) is 1.99. The molecule has 1 aromatic heterocycles. The molecule has 122 valence electrons. The highest BCUT2D eigenvalue weighted by Crippen LogP contribution is 2.20. The quantitative estimate of drug-likeness (QED) is 0.695. The molecule has 2 aromatic carbocycles. The summed E-state index contributed by atoms with van der Waals surface area (Å²) >= 11 is 1.43. The SMILES string of the molecule is CC(NC(=O)CSc1nccn1-c1ccccc1)c1ccccc1. The molecule has 5 heteroatoms. The topological polar surface area (TPSA) is 46.9 Å². The zero-order valence-electron chi connectivity index (χ0n) is 13.4. The Kier molecular flexibility index (Phi) is 5.33. The van der Waals surface area contributed by atoms with Crippen molar-refractivity contribution in [3.05, 3.63) is 78.6 Å². The molecule has 3 aromatic rings. The summed E-state index contributed by atoms with van der Waals surface area (Å²) in [6.07, 6.45) is 3.65. The second-order valence-electron chi connectivity index (χ2n) is 5.40. The molecule has 0 fully saturated rings. The minimum absolute atomic E-state index is 0.000959. The van der Waals surface area contributed by atoms with Crippen LogP contribution in [-0.4, -0.2) is 21.2 Å². The number of hydrogen-bond donors (Lipinski definition) is 1. The third-order valence-corrected chi connectivity index (χ3v) is 4.62. The second kappa shape index (κ2) is 7.84. The van der Waals surface area contributed by atoms with Crippen molar-refractivity contribution >= 4 is 17.7 Å². The number of rotatable bonds is 6. The van der Waals surface area contributed by atoms with Crippen LogP contribution in [0.5, 0.6) is 0 Å². The number of amides is 1. The lowest BCUT2D eigenvalue weighted by Gasteiger charge is -2.14. The van der Waals surface area contributed by atoms with Crippen molar-refractivity contribution in [1.82, 2.24) is 14.9 Å². The number of para-hydroxylation sites is 1. The molecule has 1 atom stereocenters. The van der Waals surface area contributed by atoms with Crippen LogP contribution in [0, 0.1) is 0 Å². The maximum atomic E-state index is 12.2. The van der Waals surface area contributed by atoms with Gasteiger partial charge >= 0.3 is 0 Å². The summed E-state index contributed by atoms with van der Waals surface area (Å²) in [6, 6.07) is 19.9. The number of hydrogen-bond acceptors (Lipinski definition) is 3. The van der Waals surface area contributed by atoms with Crippen LogP contribution in [0.1, 0.15) is 18.5 Å². The van der Waals surface area contributed by atoms with Crippen LogP contribution in [0.4, 0.5) is 0 Å². The third-order valence-electron chi connectivity index (χ3n) is 3.65. The zero-order chi connectivity index (χ0) is 16.8.